The van der Waals surface area contributed by atoms with E-state index >= 15 is 0 Å². The highest BCUT2D eigenvalue weighted by atomic mass is 16.4. The smallest absolute Gasteiger partial charge is 0.303 e. The Balaban J connectivity index is 3.39. The van der Waals surface area contributed by atoms with Crippen LogP contribution in [0.2, 0.25) is 0 Å². The number of carbonyl (C=O) groups is 2. The molecule has 0 aliphatic carbocycles. The van der Waals surface area contributed by atoms with E-state index in [-0.39, 0.29) is 6.42 Å². The Bertz CT molecular complexity index is 329. The zero-order valence-electron chi connectivity index (χ0n) is 13.4. The molecule has 3 heteroatoms. The number of carboxylic acids is 1. The Morgan fingerprint density at radius 3 is 2.14 bits per heavy atom. The van der Waals surface area contributed by atoms with Crippen LogP contribution >= 0.6 is 0 Å². The summed E-state index contributed by atoms with van der Waals surface area (Å²) in [6.07, 6.45) is 17.7. The molecule has 0 radical (unpaired) electrons. The molecule has 0 aliphatic rings. The largest absolute Gasteiger partial charge is 0.481 e. The number of carbonyl (C=O) groups excluding carboxylic acids is 1. The van der Waals surface area contributed by atoms with E-state index < -0.39 is 5.97 Å². The molecular formula is C18H30O3. The van der Waals surface area contributed by atoms with Crippen LogP contribution in [0, 0.1) is 0 Å². The third kappa shape index (κ3) is 16.6. The molecule has 120 valence electrons. The van der Waals surface area contributed by atoms with Crippen LogP contribution < -0.4 is 0 Å². The van der Waals surface area contributed by atoms with Crippen LogP contribution in [0.25, 0.3) is 0 Å². The summed E-state index contributed by atoms with van der Waals surface area (Å²) < 4.78 is 0. The van der Waals surface area contributed by atoms with E-state index in [0.29, 0.717) is 12.2 Å². The molecule has 0 aromatic rings. The lowest BCUT2D eigenvalue weighted by molar-refractivity contribution is -0.137. The number of aliphatic carboxylic acids is 1. The summed E-state index contributed by atoms with van der Waals surface area (Å²) in [6.45, 7) is 2.15. The van der Waals surface area contributed by atoms with E-state index in [0.717, 1.165) is 57.8 Å². The van der Waals surface area contributed by atoms with Gasteiger partial charge in [0.25, 0.3) is 0 Å². The molecule has 0 spiro atoms. The van der Waals surface area contributed by atoms with Crippen LogP contribution in [0.1, 0.15) is 77.6 Å². The molecule has 0 atom stereocenters. The highest BCUT2D eigenvalue weighted by molar-refractivity contribution is 5.78. The topological polar surface area (TPSA) is 54.4 Å². The van der Waals surface area contributed by atoms with Gasteiger partial charge in [-0.3, -0.25) is 9.59 Å². The lowest BCUT2D eigenvalue weighted by atomic mass is 10.1. The minimum absolute atomic E-state index is 0.264. The number of Topliss-reactive ketones (excluding diaryl/α,β-unsaturated/α-hetero) is 1. The molecule has 3 nitrogen and oxygen atoms in total. The second-order valence-electron chi connectivity index (χ2n) is 5.35. The van der Waals surface area contributed by atoms with E-state index in [1.807, 2.05) is 0 Å². The third-order valence-corrected chi connectivity index (χ3v) is 3.27. The highest BCUT2D eigenvalue weighted by Crippen LogP contribution is 2.05. The van der Waals surface area contributed by atoms with Crippen LogP contribution in [0.3, 0.4) is 0 Å². The fourth-order valence-corrected chi connectivity index (χ4v) is 1.99. The van der Waals surface area contributed by atoms with Gasteiger partial charge in [0, 0.05) is 19.3 Å². The summed E-state index contributed by atoms with van der Waals surface area (Å²) >= 11 is 0. The van der Waals surface area contributed by atoms with Gasteiger partial charge in [0.2, 0.25) is 0 Å². The first kappa shape index (κ1) is 19.6. The Hall–Kier alpha value is -1.38. The molecule has 0 saturated carbocycles. The van der Waals surface area contributed by atoms with Crippen molar-refractivity contribution in [2.24, 2.45) is 0 Å². The van der Waals surface area contributed by atoms with Crippen molar-refractivity contribution in [2.75, 3.05) is 0 Å². The summed E-state index contributed by atoms with van der Waals surface area (Å²) in [5.74, 6) is -0.340. The predicted molar refractivity (Wildman–Crippen MR) is 87.4 cm³/mol. The number of hydrogen-bond acceptors (Lipinski definition) is 2. The minimum Gasteiger partial charge on any atom is -0.481 e. The Morgan fingerprint density at radius 2 is 1.48 bits per heavy atom. The molecule has 0 fully saturated rings. The first-order valence-electron chi connectivity index (χ1n) is 8.20. The van der Waals surface area contributed by atoms with Crippen molar-refractivity contribution in [3.05, 3.63) is 24.3 Å². The number of hydrogen-bond donors (Lipinski definition) is 1. The van der Waals surface area contributed by atoms with Crippen LogP contribution in [-0.2, 0) is 9.59 Å². The average Bonchev–Trinajstić information content (AvgIpc) is 2.44. The van der Waals surface area contributed by atoms with E-state index in [9.17, 15) is 9.59 Å². The van der Waals surface area contributed by atoms with Crippen molar-refractivity contribution in [3.8, 4) is 0 Å². The summed E-state index contributed by atoms with van der Waals surface area (Å²) in [5.41, 5.74) is 0. The molecule has 1 N–H and O–H groups in total. The number of unbranched alkanes of at least 4 members (excludes halogenated alkanes) is 4. The number of ketones is 1. The Kier molecular flexibility index (Phi) is 14.0. The quantitative estimate of drug-likeness (QED) is 0.360. The summed E-state index contributed by atoms with van der Waals surface area (Å²) in [4.78, 5) is 21.8. The minimum atomic E-state index is -0.717. The summed E-state index contributed by atoms with van der Waals surface area (Å²) in [5, 5.41) is 8.48. The van der Waals surface area contributed by atoms with Crippen LogP contribution in [0.4, 0.5) is 0 Å². The van der Waals surface area contributed by atoms with Crippen LogP contribution in [0.15, 0.2) is 24.3 Å². The molecule has 0 unspecified atom stereocenters. The van der Waals surface area contributed by atoms with Gasteiger partial charge >= 0.3 is 5.97 Å². The van der Waals surface area contributed by atoms with Gasteiger partial charge in [0.15, 0.2) is 0 Å². The van der Waals surface area contributed by atoms with Gasteiger partial charge in [-0.2, -0.15) is 0 Å². The van der Waals surface area contributed by atoms with Gasteiger partial charge in [-0.05, 0) is 38.5 Å². The standard InChI is InChI=1S/C18H30O3/c1-2-3-11-14-17(19)15-12-9-7-5-4-6-8-10-13-16-18(20)21/h4,6-7,9H,2-3,5,8,10-16H2,1H3,(H,20,21)/b6-4+,9-7+. The van der Waals surface area contributed by atoms with E-state index in [1.165, 1.54) is 0 Å². The third-order valence-electron chi connectivity index (χ3n) is 3.27. The molecule has 0 saturated heterocycles. The van der Waals surface area contributed by atoms with Crippen molar-refractivity contribution in [3.63, 3.8) is 0 Å². The predicted octanol–water partition coefficient (Wildman–Crippen LogP) is 5.06. The van der Waals surface area contributed by atoms with Crippen LogP contribution in [-0.4, -0.2) is 16.9 Å². The highest BCUT2D eigenvalue weighted by Gasteiger charge is 1.99. The van der Waals surface area contributed by atoms with Crippen molar-refractivity contribution in [1.29, 1.82) is 0 Å². The van der Waals surface area contributed by atoms with Crippen LogP contribution in [0.5, 0.6) is 0 Å². The van der Waals surface area contributed by atoms with Gasteiger partial charge in [-0.1, -0.05) is 44.1 Å². The molecule has 0 aliphatic heterocycles. The molecule has 0 amide bonds. The Labute approximate surface area is 129 Å². The molecular weight excluding hydrogens is 264 g/mol. The van der Waals surface area contributed by atoms with Crippen molar-refractivity contribution in [1.82, 2.24) is 0 Å². The van der Waals surface area contributed by atoms with E-state index in [2.05, 4.69) is 31.2 Å². The zero-order valence-corrected chi connectivity index (χ0v) is 13.4. The molecule has 0 aromatic heterocycles. The normalized spacial score (nSPS) is 11.5. The molecule has 0 aromatic carbocycles. The van der Waals surface area contributed by atoms with E-state index in [1.54, 1.807) is 0 Å². The van der Waals surface area contributed by atoms with Gasteiger partial charge in [0.05, 0.1) is 0 Å². The average molecular weight is 294 g/mol. The number of allylic oxidation sites excluding steroid dienone is 4. The van der Waals surface area contributed by atoms with Gasteiger partial charge in [-0.15, -0.1) is 0 Å². The van der Waals surface area contributed by atoms with Gasteiger partial charge in [0.1, 0.15) is 5.78 Å². The molecule has 21 heavy (non-hydrogen) atoms. The monoisotopic (exact) mass is 294 g/mol. The maximum absolute atomic E-state index is 11.5. The first-order chi connectivity index (χ1) is 10.2. The van der Waals surface area contributed by atoms with Crippen molar-refractivity contribution >= 4 is 11.8 Å². The SMILES string of the molecule is CCCCCC(=O)CC/C=C/C/C=C/CCCCC(=O)O. The zero-order chi connectivity index (χ0) is 15.8. The van der Waals surface area contributed by atoms with E-state index in [4.69, 9.17) is 5.11 Å². The molecule has 0 rings (SSSR count). The lowest BCUT2D eigenvalue weighted by Gasteiger charge is -1.97. The first-order valence-corrected chi connectivity index (χ1v) is 8.20. The summed E-state index contributed by atoms with van der Waals surface area (Å²) in [7, 11) is 0. The summed E-state index contributed by atoms with van der Waals surface area (Å²) in [6, 6.07) is 0. The Morgan fingerprint density at radius 1 is 0.810 bits per heavy atom. The number of carboxylic acid groups (broad SMARTS) is 1. The maximum atomic E-state index is 11.5. The van der Waals surface area contributed by atoms with Crippen molar-refractivity contribution < 1.29 is 14.7 Å². The maximum Gasteiger partial charge on any atom is 0.303 e. The molecule has 0 bridgehead atoms. The lowest BCUT2D eigenvalue weighted by Crippen LogP contribution is -1.96. The fraction of sp³-hybridized carbons (Fsp3) is 0.667. The second-order valence-corrected chi connectivity index (χ2v) is 5.35. The fourth-order valence-electron chi connectivity index (χ4n) is 1.99. The van der Waals surface area contributed by atoms with Gasteiger partial charge in [-0.25, -0.2) is 0 Å². The van der Waals surface area contributed by atoms with Crippen molar-refractivity contribution in [2.45, 2.75) is 77.6 Å². The number of rotatable bonds is 14. The second kappa shape index (κ2) is 15.0. The van der Waals surface area contributed by atoms with Gasteiger partial charge < -0.3 is 5.11 Å². The molecule has 0 heterocycles.